The largest absolute Gasteiger partial charge is 0.348 e. The highest BCUT2D eigenvalue weighted by Gasteiger charge is 2.31. The number of hydrogen-bond donors (Lipinski definition) is 0. The average molecular weight is 146 g/mol. The molecule has 1 saturated heterocycles. The van der Waals surface area contributed by atoms with Crippen molar-refractivity contribution in [1.82, 2.24) is 0 Å². The van der Waals surface area contributed by atoms with E-state index in [2.05, 4.69) is 6.92 Å². The molecule has 1 rings (SSSR count). The molecule has 0 radical (unpaired) electrons. The summed E-state index contributed by atoms with van der Waals surface area (Å²) >= 11 is 0. The highest BCUT2D eigenvalue weighted by molar-refractivity contribution is 4.68. The van der Waals surface area contributed by atoms with Gasteiger partial charge in [0.1, 0.15) is 0 Å². The zero-order valence-corrected chi connectivity index (χ0v) is 6.31. The lowest BCUT2D eigenvalue weighted by Gasteiger charge is -2.16. The van der Waals surface area contributed by atoms with E-state index in [0.717, 1.165) is 13.0 Å². The van der Waals surface area contributed by atoms with E-state index in [1.54, 1.807) is 0 Å². The fourth-order valence-corrected chi connectivity index (χ4v) is 0.964. The van der Waals surface area contributed by atoms with Crippen LogP contribution < -0.4 is 0 Å². The van der Waals surface area contributed by atoms with Crippen LogP contribution in [-0.4, -0.2) is 18.5 Å². The molecule has 2 nitrogen and oxygen atoms in total. The topological polar surface area (TPSA) is 18.5 Å². The maximum absolute atomic E-state index is 5.48. The van der Waals surface area contributed by atoms with Gasteiger partial charge in [0.25, 0.3) is 0 Å². The van der Waals surface area contributed by atoms with Crippen molar-refractivity contribution in [3.05, 3.63) is 0 Å². The third-order valence-electron chi connectivity index (χ3n) is 1.52. The highest BCUT2D eigenvalue weighted by atomic mass is 16.7. The summed E-state index contributed by atoms with van der Waals surface area (Å²) in [7, 11) is 0. The molecule has 0 bridgehead atoms. The third-order valence-corrected chi connectivity index (χ3v) is 1.52. The Morgan fingerprint density at radius 1 is 1.50 bits per heavy atom. The smallest absolute Gasteiger partial charge is 0.163 e. The minimum absolute atomic E-state index is 0. The lowest BCUT2D eigenvalue weighted by molar-refractivity contribution is -0.138. The van der Waals surface area contributed by atoms with Gasteiger partial charge >= 0.3 is 0 Å². The molecule has 0 saturated carbocycles. The van der Waals surface area contributed by atoms with Crippen LogP contribution in [0.4, 0.5) is 0 Å². The minimum Gasteiger partial charge on any atom is -0.348 e. The van der Waals surface area contributed by atoms with E-state index in [-0.39, 0.29) is 13.2 Å². The van der Waals surface area contributed by atoms with Crippen LogP contribution in [0.1, 0.15) is 34.6 Å². The Morgan fingerprint density at radius 3 is 2.30 bits per heavy atom. The van der Waals surface area contributed by atoms with Gasteiger partial charge in [0.2, 0.25) is 0 Å². The quantitative estimate of drug-likeness (QED) is 0.564. The van der Waals surface area contributed by atoms with Crippen molar-refractivity contribution in [2.24, 2.45) is 0 Å². The van der Waals surface area contributed by atoms with Gasteiger partial charge < -0.3 is 9.47 Å². The molecule has 1 aliphatic heterocycles. The molecule has 1 atom stereocenters. The molecule has 0 N–H and O–H groups in total. The van der Waals surface area contributed by atoms with E-state index in [1.807, 2.05) is 13.8 Å². The molecule has 62 valence electrons. The van der Waals surface area contributed by atoms with E-state index in [4.69, 9.17) is 9.47 Å². The monoisotopic (exact) mass is 146 g/mol. The van der Waals surface area contributed by atoms with Crippen molar-refractivity contribution < 1.29 is 9.47 Å². The van der Waals surface area contributed by atoms with Gasteiger partial charge in [-0.15, -0.1) is 0 Å². The molecule has 1 fully saturated rings. The summed E-state index contributed by atoms with van der Waals surface area (Å²) in [6.45, 7) is 6.75. The molecule has 0 amide bonds. The highest BCUT2D eigenvalue weighted by Crippen LogP contribution is 2.23. The van der Waals surface area contributed by atoms with Crippen LogP contribution in [0.5, 0.6) is 0 Å². The van der Waals surface area contributed by atoms with E-state index in [0.29, 0.717) is 6.10 Å². The molecule has 0 aromatic heterocycles. The van der Waals surface area contributed by atoms with Crippen molar-refractivity contribution in [3.63, 3.8) is 0 Å². The van der Waals surface area contributed by atoms with Gasteiger partial charge in [0, 0.05) is 0 Å². The summed E-state index contributed by atoms with van der Waals surface area (Å²) < 4.78 is 10.8. The van der Waals surface area contributed by atoms with E-state index in [9.17, 15) is 0 Å². The summed E-state index contributed by atoms with van der Waals surface area (Å²) in [5, 5.41) is 0. The van der Waals surface area contributed by atoms with Crippen LogP contribution in [0.3, 0.4) is 0 Å². The molecule has 0 aromatic rings. The standard InChI is InChI=1S/C7H14O2.CH4/c1-4-6-5-8-7(2,3)9-6;/h6H,4-5H2,1-3H3;1H4. The van der Waals surface area contributed by atoms with E-state index in [1.165, 1.54) is 0 Å². The van der Waals surface area contributed by atoms with Crippen molar-refractivity contribution in [2.45, 2.75) is 46.5 Å². The summed E-state index contributed by atoms with van der Waals surface area (Å²) in [6.07, 6.45) is 1.36. The molecule has 1 heterocycles. The predicted octanol–water partition coefficient (Wildman–Crippen LogP) is 2.18. The van der Waals surface area contributed by atoms with Crippen molar-refractivity contribution >= 4 is 0 Å². The molecule has 10 heavy (non-hydrogen) atoms. The lowest BCUT2D eigenvalue weighted by Crippen LogP contribution is -2.21. The summed E-state index contributed by atoms with van der Waals surface area (Å²) in [6, 6.07) is 0. The van der Waals surface area contributed by atoms with Gasteiger partial charge in [0.15, 0.2) is 5.79 Å². The zero-order chi connectivity index (χ0) is 6.91. The zero-order valence-electron chi connectivity index (χ0n) is 6.31. The van der Waals surface area contributed by atoms with Crippen molar-refractivity contribution in [2.75, 3.05) is 6.61 Å². The van der Waals surface area contributed by atoms with Gasteiger partial charge in [-0.3, -0.25) is 0 Å². The Morgan fingerprint density at radius 2 is 2.10 bits per heavy atom. The van der Waals surface area contributed by atoms with Gasteiger partial charge in [-0.1, -0.05) is 14.4 Å². The Balaban J connectivity index is 0.000000810. The molecule has 2 heteroatoms. The number of rotatable bonds is 1. The van der Waals surface area contributed by atoms with Gasteiger partial charge in [-0.25, -0.2) is 0 Å². The predicted molar refractivity (Wildman–Crippen MR) is 41.9 cm³/mol. The fraction of sp³-hybridized carbons (Fsp3) is 1.00. The van der Waals surface area contributed by atoms with Crippen LogP contribution in [-0.2, 0) is 9.47 Å². The second kappa shape index (κ2) is 3.35. The van der Waals surface area contributed by atoms with Crippen LogP contribution in [0, 0.1) is 0 Å². The van der Waals surface area contributed by atoms with Crippen molar-refractivity contribution in [3.8, 4) is 0 Å². The molecule has 1 aliphatic rings. The Kier molecular flexibility index (Phi) is 3.33. The summed E-state index contributed by atoms with van der Waals surface area (Å²) in [5.74, 6) is -0.333. The van der Waals surface area contributed by atoms with Crippen molar-refractivity contribution in [1.29, 1.82) is 0 Å². The van der Waals surface area contributed by atoms with Crippen LogP contribution in [0.25, 0.3) is 0 Å². The third kappa shape index (κ3) is 2.27. The van der Waals surface area contributed by atoms with Crippen LogP contribution in [0.15, 0.2) is 0 Å². The maximum Gasteiger partial charge on any atom is 0.163 e. The molecule has 1 unspecified atom stereocenters. The van der Waals surface area contributed by atoms with Crippen LogP contribution in [0.2, 0.25) is 0 Å². The first-order valence-electron chi connectivity index (χ1n) is 3.46. The number of hydrogen-bond acceptors (Lipinski definition) is 2. The van der Waals surface area contributed by atoms with E-state index < -0.39 is 0 Å². The molecule has 0 spiro atoms. The Bertz CT molecular complexity index is 99.4. The lowest BCUT2D eigenvalue weighted by atomic mass is 10.3. The normalized spacial score (nSPS) is 29.7. The minimum atomic E-state index is -0.333. The SMILES string of the molecule is C.CCC1COC(C)(C)O1. The Hall–Kier alpha value is -0.0800. The second-order valence-corrected chi connectivity index (χ2v) is 2.86. The van der Waals surface area contributed by atoms with Crippen LogP contribution >= 0.6 is 0 Å². The fourth-order valence-electron chi connectivity index (χ4n) is 0.964. The first-order valence-corrected chi connectivity index (χ1v) is 3.46. The second-order valence-electron chi connectivity index (χ2n) is 2.86. The summed E-state index contributed by atoms with van der Waals surface area (Å²) in [4.78, 5) is 0. The molecular formula is C8H18O2. The van der Waals surface area contributed by atoms with Gasteiger partial charge in [-0.05, 0) is 20.3 Å². The molecule has 0 aliphatic carbocycles. The molecule has 0 aromatic carbocycles. The summed E-state index contributed by atoms with van der Waals surface area (Å²) in [5.41, 5.74) is 0. The Labute approximate surface area is 63.5 Å². The molecular weight excluding hydrogens is 128 g/mol. The van der Waals surface area contributed by atoms with E-state index >= 15 is 0 Å². The first-order chi connectivity index (χ1) is 4.14. The average Bonchev–Trinajstić information content (AvgIpc) is 2.10. The first kappa shape index (κ1) is 9.92. The van der Waals surface area contributed by atoms with Gasteiger partial charge in [0.05, 0.1) is 12.7 Å². The number of ether oxygens (including phenoxy) is 2. The maximum atomic E-state index is 5.48. The van der Waals surface area contributed by atoms with Gasteiger partial charge in [-0.2, -0.15) is 0 Å².